The van der Waals surface area contributed by atoms with Crippen LogP contribution in [0.4, 0.5) is 0 Å². The number of nitrogens with zero attached hydrogens (tertiary/aromatic N) is 1. The summed E-state index contributed by atoms with van der Waals surface area (Å²) in [6.07, 6.45) is 1.75. The van der Waals surface area contributed by atoms with Gasteiger partial charge in [-0.3, -0.25) is 19.3 Å². The molecule has 2 amide bonds. The van der Waals surface area contributed by atoms with Gasteiger partial charge in [-0.2, -0.15) is 0 Å². The van der Waals surface area contributed by atoms with E-state index < -0.39 is 5.91 Å². The van der Waals surface area contributed by atoms with E-state index in [9.17, 15) is 14.4 Å². The summed E-state index contributed by atoms with van der Waals surface area (Å²) in [6, 6.07) is 4.72. The molecule has 0 saturated carbocycles. The highest BCUT2D eigenvalue weighted by molar-refractivity contribution is 6.01. The maximum atomic E-state index is 12.7. The van der Waals surface area contributed by atoms with Crippen LogP contribution in [0.25, 0.3) is 0 Å². The maximum absolute atomic E-state index is 12.7. The van der Waals surface area contributed by atoms with Gasteiger partial charge in [0.2, 0.25) is 6.41 Å². The molecule has 5 nitrogen and oxygen atoms in total. The van der Waals surface area contributed by atoms with Gasteiger partial charge in [0.05, 0.1) is 0 Å². The zero-order valence-electron chi connectivity index (χ0n) is 14.3. The smallest absolute Gasteiger partial charge is 0.260 e. The van der Waals surface area contributed by atoms with Crippen LogP contribution < -0.4 is 0 Å². The summed E-state index contributed by atoms with van der Waals surface area (Å²) in [6.45, 7) is 5.03. The van der Waals surface area contributed by atoms with E-state index in [1.54, 1.807) is 39.0 Å². The van der Waals surface area contributed by atoms with Crippen molar-refractivity contribution in [2.75, 3.05) is 6.61 Å². The normalized spacial score (nSPS) is 11.2. The molecule has 5 heteroatoms. The predicted molar refractivity (Wildman–Crippen MR) is 91.4 cm³/mol. The summed E-state index contributed by atoms with van der Waals surface area (Å²) < 4.78 is 0. The fraction of sp³-hybridized carbons (Fsp3) is 0.421. The number of Topliss-reactive ketones (excluding diaryl/α,β-unsaturated/α-hetero) is 1. The van der Waals surface area contributed by atoms with Crippen LogP contribution in [0.2, 0.25) is 0 Å². The average Bonchev–Trinajstić information content (AvgIpc) is 2.59. The molecule has 1 rings (SSSR count). The fourth-order valence-electron chi connectivity index (χ4n) is 2.31. The number of hydrogen-bond acceptors (Lipinski definition) is 4. The molecule has 1 atom stereocenters. The first-order valence-corrected chi connectivity index (χ1v) is 7.95. The molecule has 1 N–H and O–H groups in total. The Morgan fingerprint density at radius 3 is 2.67 bits per heavy atom. The van der Waals surface area contributed by atoms with E-state index in [-0.39, 0.29) is 18.4 Å². The average molecular weight is 329 g/mol. The largest absolute Gasteiger partial charge is 0.384 e. The Balaban J connectivity index is 3.01. The zero-order chi connectivity index (χ0) is 18.1. The molecule has 0 aromatic heterocycles. The molecule has 1 aromatic rings. The van der Waals surface area contributed by atoms with Crippen LogP contribution in [-0.4, -0.2) is 40.8 Å². The SMILES string of the molecule is CCC(=O)CCC(C)N(C=O)C(=O)c1cccc(C#CCO)c1C. The maximum Gasteiger partial charge on any atom is 0.260 e. The minimum atomic E-state index is -0.411. The van der Waals surface area contributed by atoms with Crippen molar-refractivity contribution in [3.8, 4) is 11.8 Å². The molecule has 0 aliphatic rings. The highest BCUT2D eigenvalue weighted by atomic mass is 16.2. The Morgan fingerprint density at radius 1 is 1.38 bits per heavy atom. The summed E-state index contributed by atoms with van der Waals surface area (Å²) >= 11 is 0. The topological polar surface area (TPSA) is 74.7 Å². The lowest BCUT2D eigenvalue weighted by Gasteiger charge is -2.24. The van der Waals surface area contributed by atoms with Crippen LogP contribution in [0, 0.1) is 18.8 Å². The van der Waals surface area contributed by atoms with Crippen molar-refractivity contribution < 1.29 is 19.5 Å². The van der Waals surface area contributed by atoms with Gasteiger partial charge in [-0.25, -0.2) is 0 Å². The first-order valence-electron chi connectivity index (χ1n) is 7.95. The standard InChI is InChI=1S/C19H23NO4/c1-4-17(23)11-10-14(2)20(13-22)19(24)18-9-5-7-16(15(18)3)8-6-12-21/h5,7,9,13-14,21H,4,10-12H2,1-3H3. The number of ketones is 1. The third-order valence-corrected chi connectivity index (χ3v) is 3.92. The number of carbonyl (C=O) groups is 3. The molecule has 0 bridgehead atoms. The second-order valence-electron chi connectivity index (χ2n) is 5.54. The van der Waals surface area contributed by atoms with Crippen LogP contribution in [0.15, 0.2) is 18.2 Å². The van der Waals surface area contributed by atoms with Gasteiger partial charge in [0.15, 0.2) is 0 Å². The van der Waals surface area contributed by atoms with Crippen molar-refractivity contribution >= 4 is 18.1 Å². The molecule has 0 spiro atoms. The Labute approximate surface area is 142 Å². The summed E-state index contributed by atoms with van der Waals surface area (Å²) in [5, 5.41) is 8.80. The van der Waals surface area contributed by atoms with E-state index >= 15 is 0 Å². The van der Waals surface area contributed by atoms with E-state index in [1.807, 2.05) is 0 Å². The Hall–Kier alpha value is -2.45. The van der Waals surface area contributed by atoms with Crippen molar-refractivity contribution in [1.29, 1.82) is 0 Å². The molecule has 0 fully saturated rings. The van der Waals surface area contributed by atoms with Crippen molar-refractivity contribution in [2.24, 2.45) is 0 Å². The fourth-order valence-corrected chi connectivity index (χ4v) is 2.31. The number of carbonyl (C=O) groups excluding carboxylic acids is 3. The first kappa shape index (κ1) is 19.6. The number of amides is 2. The van der Waals surface area contributed by atoms with Gasteiger partial charge in [-0.1, -0.05) is 24.8 Å². The monoisotopic (exact) mass is 329 g/mol. The third kappa shape index (κ3) is 5.04. The lowest BCUT2D eigenvalue weighted by molar-refractivity contribution is -0.121. The van der Waals surface area contributed by atoms with E-state index in [4.69, 9.17) is 5.11 Å². The molecule has 1 unspecified atom stereocenters. The number of imide groups is 1. The van der Waals surface area contributed by atoms with E-state index in [0.29, 0.717) is 42.4 Å². The van der Waals surface area contributed by atoms with E-state index in [1.165, 1.54) is 0 Å². The summed E-state index contributed by atoms with van der Waals surface area (Å²) in [4.78, 5) is 36.7. The van der Waals surface area contributed by atoms with Crippen LogP contribution in [-0.2, 0) is 9.59 Å². The van der Waals surface area contributed by atoms with Gasteiger partial charge in [0.1, 0.15) is 12.4 Å². The van der Waals surface area contributed by atoms with Crippen molar-refractivity contribution in [3.63, 3.8) is 0 Å². The number of rotatable bonds is 7. The molecule has 0 aliphatic heterocycles. The lowest BCUT2D eigenvalue weighted by Crippen LogP contribution is -2.38. The Kier molecular flexibility index (Phi) is 7.87. The van der Waals surface area contributed by atoms with Crippen molar-refractivity contribution in [3.05, 3.63) is 34.9 Å². The van der Waals surface area contributed by atoms with Gasteiger partial charge in [0, 0.05) is 30.0 Å². The van der Waals surface area contributed by atoms with Gasteiger partial charge in [-0.05, 0) is 38.0 Å². The summed E-state index contributed by atoms with van der Waals surface area (Å²) in [5.74, 6) is 5.04. The second kappa shape index (κ2) is 9.64. The predicted octanol–water partition coefficient (Wildman–Crippen LogP) is 2.09. The third-order valence-electron chi connectivity index (χ3n) is 3.92. The first-order chi connectivity index (χ1) is 11.5. The summed E-state index contributed by atoms with van der Waals surface area (Å²) in [5.41, 5.74) is 1.68. The molecule has 0 heterocycles. The Bertz CT molecular complexity index is 670. The molecule has 1 aromatic carbocycles. The quantitative estimate of drug-likeness (QED) is 0.614. The minimum absolute atomic E-state index is 0.109. The van der Waals surface area contributed by atoms with Crippen LogP contribution in [0.3, 0.4) is 0 Å². The van der Waals surface area contributed by atoms with Crippen molar-refractivity contribution in [1.82, 2.24) is 4.90 Å². The molecule has 0 aliphatic carbocycles. The molecule has 128 valence electrons. The Morgan fingerprint density at radius 2 is 2.08 bits per heavy atom. The van der Waals surface area contributed by atoms with E-state index in [2.05, 4.69) is 11.8 Å². The lowest BCUT2D eigenvalue weighted by atomic mass is 10.0. The molecule has 24 heavy (non-hydrogen) atoms. The number of hydrogen-bond donors (Lipinski definition) is 1. The molecule has 0 radical (unpaired) electrons. The van der Waals surface area contributed by atoms with Crippen LogP contribution in [0.1, 0.15) is 54.6 Å². The van der Waals surface area contributed by atoms with Crippen LogP contribution >= 0.6 is 0 Å². The highest BCUT2D eigenvalue weighted by Crippen LogP contribution is 2.17. The number of aliphatic hydroxyl groups excluding tert-OH is 1. The number of aliphatic hydroxyl groups is 1. The second-order valence-corrected chi connectivity index (χ2v) is 5.54. The molecular formula is C19H23NO4. The highest BCUT2D eigenvalue weighted by Gasteiger charge is 2.23. The zero-order valence-corrected chi connectivity index (χ0v) is 14.3. The number of benzene rings is 1. The minimum Gasteiger partial charge on any atom is -0.384 e. The molecule has 0 saturated heterocycles. The molecular weight excluding hydrogens is 306 g/mol. The van der Waals surface area contributed by atoms with Gasteiger partial charge in [0.25, 0.3) is 5.91 Å². The van der Waals surface area contributed by atoms with Crippen LogP contribution in [0.5, 0.6) is 0 Å². The van der Waals surface area contributed by atoms with Gasteiger partial charge >= 0.3 is 0 Å². The summed E-state index contributed by atoms with van der Waals surface area (Å²) in [7, 11) is 0. The van der Waals surface area contributed by atoms with Gasteiger partial charge < -0.3 is 5.11 Å². The van der Waals surface area contributed by atoms with Gasteiger partial charge in [-0.15, -0.1) is 0 Å². The van der Waals surface area contributed by atoms with E-state index in [0.717, 1.165) is 4.90 Å². The van der Waals surface area contributed by atoms with Crippen molar-refractivity contribution in [2.45, 2.75) is 46.1 Å².